The number of amidine groups is 1. The molecule has 1 rings (SSSR count). The van der Waals surface area contributed by atoms with Gasteiger partial charge in [0.15, 0.2) is 0 Å². The minimum atomic E-state index is -0.197. The van der Waals surface area contributed by atoms with E-state index in [1.54, 1.807) is 0 Å². The molecule has 19 heavy (non-hydrogen) atoms. The SMILES string of the molecule is CC(C)(CCCN(CCO)C1CCCCC1)C(=N)N. The Kier molecular flexibility index (Phi) is 6.80. The number of hydrogen-bond donors (Lipinski definition) is 3. The van der Waals surface area contributed by atoms with Crippen LogP contribution in [0, 0.1) is 10.8 Å². The highest BCUT2D eigenvalue weighted by atomic mass is 16.3. The molecular weight excluding hydrogens is 238 g/mol. The normalized spacial score (nSPS) is 17.9. The lowest BCUT2D eigenvalue weighted by atomic mass is 9.86. The van der Waals surface area contributed by atoms with Gasteiger partial charge in [-0.05, 0) is 32.2 Å². The number of nitrogens with zero attached hydrogens (tertiary/aromatic N) is 1. The van der Waals surface area contributed by atoms with Gasteiger partial charge in [0.05, 0.1) is 12.4 Å². The predicted molar refractivity (Wildman–Crippen MR) is 80.5 cm³/mol. The molecule has 0 radical (unpaired) electrons. The molecule has 0 aromatic rings. The van der Waals surface area contributed by atoms with Crippen LogP contribution < -0.4 is 5.73 Å². The minimum absolute atomic E-state index is 0.197. The molecule has 0 amide bonds. The van der Waals surface area contributed by atoms with Crippen LogP contribution in [0.1, 0.15) is 58.8 Å². The molecule has 4 nitrogen and oxygen atoms in total. The molecule has 1 aliphatic rings. The zero-order chi connectivity index (χ0) is 14.3. The van der Waals surface area contributed by atoms with Gasteiger partial charge in [-0.2, -0.15) is 0 Å². The van der Waals surface area contributed by atoms with Crippen molar-refractivity contribution in [2.45, 2.75) is 64.8 Å². The third-order valence-electron chi connectivity index (χ3n) is 4.45. The van der Waals surface area contributed by atoms with Crippen molar-refractivity contribution in [2.24, 2.45) is 11.1 Å². The van der Waals surface area contributed by atoms with Crippen LogP contribution in [0.15, 0.2) is 0 Å². The Hall–Kier alpha value is -0.610. The molecule has 4 N–H and O–H groups in total. The number of rotatable bonds is 8. The summed E-state index contributed by atoms with van der Waals surface area (Å²) in [6.07, 6.45) is 8.55. The quantitative estimate of drug-likeness (QED) is 0.468. The Bertz CT molecular complexity index is 273. The van der Waals surface area contributed by atoms with Gasteiger partial charge >= 0.3 is 0 Å². The Morgan fingerprint density at radius 3 is 2.42 bits per heavy atom. The second-order valence-electron chi connectivity index (χ2n) is 6.45. The zero-order valence-corrected chi connectivity index (χ0v) is 12.6. The first-order valence-electron chi connectivity index (χ1n) is 7.67. The van der Waals surface area contributed by atoms with E-state index in [2.05, 4.69) is 4.90 Å². The maximum absolute atomic E-state index is 9.22. The van der Waals surface area contributed by atoms with Gasteiger partial charge in [-0.3, -0.25) is 10.3 Å². The molecule has 4 heteroatoms. The topological polar surface area (TPSA) is 73.3 Å². The molecule has 0 aromatic carbocycles. The number of aliphatic hydroxyl groups excluding tert-OH is 1. The fraction of sp³-hybridized carbons (Fsp3) is 0.933. The van der Waals surface area contributed by atoms with Gasteiger partial charge in [0.25, 0.3) is 0 Å². The fourth-order valence-electron chi connectivity index (χ4n) is 2.91. The van der Waals surface area contributed by atoms with E-state index in [4.69, 9.17) is 11.1 Å². The standard InChI is InChI=1S/C15H31N3O/c1-15(2,14(16)17)9-6-10-18(11-12-19)13-7-4-3-5-8-13/h13,19H,3-12H2,1-2H3,(H3,16,17). The minimum Gasteiger partial charge on any atom is -0.395 e. The molecule has 0 unspecified atom stereocenters. The van der Waals surface area contributed by atoms with Crippen LogP contribution in [0.5, 0.6) is 0 Å². The largest absolute Gasteiger partial charge is 0.395 e. The maximum atomic E-state index is 9.22. The molecule has 112 valence electrons. The number of hydrogen-bond acceptors (Lipinski definition) is 3. The molecule has 0 bridgehead atoms. The lowest BCUT2D eigenvalue weighted by molar-refractivity contribution is 0.120. The molecule has 0 heterocycles. The van der Waals surface area contributed by atoms with Crippen LogP contribution in [-0.2, 0) is 0 Å². The highest BCUT2D eigenvalue weighted by Crippen LogP contribution is 2.25. The van der Waals surface area contributed by atoms with E-state index >= 15 is 0 Å². The molecule has 1 aliphatic carbocycles. The zero-order valence-electron chi connectivity index (χ0n) is 12.6. The predicted octanol–water partition coefficient (Wildman–Crippen LogP) is 2.36. The summed E-state index contributed by atoms with van der Waals surface area (Å²) in [6.45, 7) is 6.11. The number of nitrogens with one attached hydrogen (secondary N) is 1. The summed E-state index contributed by atoms with van der Waals surface area (Å²) in [5.41, 5.74) is 5.42. The highest BCUT2D eigenvalue weighted by molar-refractivity contribution is 5.82. The van der Waals surface area contributed by atoms with Crippen molar-refractivity contribution < 1.29 is 5.11 Å². The number of aliphatic hydroxyl groups is 1. The molecule has 0 aromatic heterocycles. The van der Waals surface area contributed by atoms with E-state index in [9.17, 15) is 5.11 Å². The summed E-state index contributed by atoms with van der Waals surface area (Å²) >= 11 is 0. The summed E-state index contributed by atoms with van der Waals surface area (Å²) in [6, 6.07) is 0.654. The molecule has 1 saturated carbocycles. The van der Waals surface area contributed by atoms with Crippen LogP contribution in [-0.4, -0.2) is 41.6 Å². The first-order valence-corrected chi connectivity index (χ1v) is 7.67. The van der Waals surface area contributed by atoms with E-state index in [0.29, 0.717) is 6.04 Å². The van der Waals surface area contributed by atoms with Crippen molar-refractivity contribution in [3.63, 3.8) is 0 Å². The molecule has 0 atom stereocenters. The molecular formula is C15H31N3O. The molecule has 0 saturated heterocycles. The van der Waals surface area contributed by atoms with E-state index in [-0.39, 0.29) is 17.9 Å². The van der Waals surface area contributed by atoms with E-state index in [1.807, 2.05) is 13.8 Å². The Labute approximate surface area is 117 Å². The average molecular weight is 269 g/mol. The van der Waals surface area contributed by atoms with E-state index in [0.717, 1.165) is 25.9 Å². The summed E-state index contributed by atoms with van der Waals surface area (Å²) < 4.78 is 0. The first-order chi connectivity index (χ1) is 8.97. The van der Waals surface area contributed by atoms with E-state index < -0.39 is 0 Å². The van der Waals surface area contributed by atoms with Gasteiger partial charge in [-0.25, -0.2) is 0 Å². The monoisotopic (exact) mass is 269 g/mol. The molecule has 0 spiro atoms. The van der Waals surface area contributed by atoms with Crippen LogP contribution in [0.4, 0.5) is 0 Å². The fourth-order valence-corrected chi connectivity index (χ4v) is 2.91. The van der Waals surface area contributed by atoms with Crippen LogP contribution >= 0.6 is 0 Å². The lowest BCUT2D eigenvalue weighted by Crippen LogP contribution is -2.40. The van der Waals surface area contributed by atoms with Crippen molar-refractivity contribution in [3.8, 4) is 0 Å². The van der Waals surface area contributed by atoms with Crippen molar-refractivity contribution >= 4 is 5.84 Å². The van der Waals surface area contributed by atoms with Crippen molar-refractivity contribution in [1.82, 2.24) is 4.90 Å². The Morgan fingerprint density at radius 2 is 1.89 bits per heavy atom. The first kappa shape index (κ1) is 16.4. The Balaban J connectivity index is 2.38. The second-order valence-corrected chi connectivity index (χ2v) is 6.45. The van der Waals surface area contributed by atoms with Crippen LogP contribution in [0.2, 0.25) is 0 Å². The van der Waals surface area contributed by atoms with Crippen molar-refractivity contribution in [2.75, 3.05) is 19.7 Å². The van der Waals surface area contributed by atoms with Gasteiger partial charge in [-0.15, -0.1) is 0 Å². The summed E-state index contributed by atoms with van der Waals surface area (Å²) in [4.78, 5) is 2.44. The molecule has 1 fully saturated rings. The van der Waals surface area contributed by atoms with Crippen molar-refractivity contribution in [3.05, 3.63) is 0 Å². The lowest BCUT2D eigenvalue weighted by Gasteiger charge is -2.34. The van der Waals surface area contributed by atoms with Gasteiger partial charge in [0.2, 0.25) is 0 Å². The summed E-state index contributed by atoms with van der Waals surface area (Å²) in [7, 11) is 0. The van der Waals surface area contributed by atoms with E-state index in [1.165, 1.54) is 32.1 Å². The highest BCUT2D eigenvalue weighted by Gasteiger charge is 2.24. The smallest absolute Gasteiger partial charge is 0.0963 e. The average Bonchev–Trinajstić information content (AvgIpc) is 2.38. The van der Waals surface area contributed by atoms with Gasteiger partial charge < -0.3 is 10.8 Å². The van der Waals surface area contributed by atoms with Crippen LogP contribution in [0.25, 0.3) is 0 Å². The van der Waals surface area contributed by atoms with Gasteiger partial charge in [-0.1, -0.05) is 33.1 Å². The molecule has 0 aliphatic heterocycles. The summed E-state index contributed by atoms with van der Waals surface area (Å²) in [5, 5.41) is 16.8. The van der Waals surface area contributed by atoms with Gasteiger partial charge in [0.1, 0.15) is 0 Å². The third kappa shape index (κ3) is 5.49. The number of nitrogens with two attached hydrogens (primary N) is 1. The second kappa shape index (κ2) is 7.85. The van der Waals surface area contributed by atoms with Crippen molar-refractivity contribution in [1.29, 1.82) is 5.41 Å². The maximum Gasteiger partial charge on any atom is 0.0963 e. The van der Waals surface area contributed by atoms with Crippen LogP contribution in [0.3, 0.4) is 0 Å². The Morgan fingerprint density at radius 1 is 1.26 bits per heavy atom. The summed E-state index contributed by atoms with van der Waals surface area (Å²) in [5.74, 6) is 0.277. The third-order valence-corrected chi connectivity index (χ3v) is 4.45. The van der Waals surface area contributed by atoms with Gasteiger partial charge in [0, 0.05) is 18.0 Å².